The molecule has 1 unspecified atom stereocenters. The maximum Gasteiger partial charge on any atom is 0.311 e. The standard InChI is InChI=1S/C17H17NO5/c1-11-3-6-13(7-4-11)14(17(19)20)9-12-5-8-16(23-2)15(10-12)18(21)22/h3-8,10,14H,9H2,1-2H3,(H,19,20). The van der Waals surface area contributed by atoms with Crippen molar-refractivity contribution in [1.82, 2.24) is 0 Å². The summed E-state index contributed by atoms with van der Waals surface area (Å²) in [6.45, 7) is 1.92. The lowest BCUT2D eigenvalue weighted by atomic mass is 9.91. The summed E-state index contributed by atoms with van der Waals surface area (Å²) in [5.41, 5.74) is 2.11. The fraction of sp³-hybridized carbons (Fsp3) is 0.235. The molecule has 6 heteroatoms. The Morgan fingerprint density at radius 1 is 1.26 bits per heavy atom. The largest absolute Gasteiger partial charge is 0.490 e. The Bertz CT molecular complexity index is 724. The molecule has 0 saturated heterocycles. The Balaban J connectivity index is 2.34. The van der Waals surface area contributed by atoms with Gasteiger partial charge < -0.3 is 9.84 Å². The third-order valence-corrected chi connectivity index (χ3v) is 3.66. The Kier molecular flexibility index (Phi) is 4.95. The van der Waals surface area contributed by atoms with Gasteiger partial charge in [-0.2, -0.15) is 0 Å². The highest BCUT2D eigenvalue weighted by Crippen LogP contribution is 2.30. The Morgan fingerprint density at radius 3 is 2.43 bits per heavy atom. The van der Waals surface area contributed by atoms with Crippen LogP contribution in [0.4, 0.5) is 5.69 Å². The maximum absolute atomic E-state index is 11.6. The Labute approximate surface area is 133 Å². The number of benzene rings is 2. The molecule has 2 rings (SSSR count). The molecule has 23 heavy (non-hydrogen) atoms. The van der Waals surface area contributed by atoms with Crippen molar-refractivity contribution in [3.05, 3.63) is 69.3 Å². The zero-order chi connectivity index (χ0) is 17.0. The molecule has 0 amide bonds. The van der Waals surface area contributed by atoms with Crippen LogP contribution in [-0.4, -0.2) is 23.1 Å². The number of hydrogen-bond donors (Lipinski definition) is 1. The van der Waals surface area contributed by atoms with Gasteiger partial charge in [0.15, 0.2) is 5.75 Å². The molecule has 2 aromatic rings. The van der Waals surface area contributed by atoms with E-state index < -0.39 is 16.8 Å². The number of methoxy groups -OCH3 is 1. The first-order valence-corrected chi connectivity index (χ1v) is 7.03. The van der Waals surface area contributed by atoms with E-state index in [2.05, 4.69) is 0 Å². The Hall–Kier alpha value is -2.89. The van der Waals surface area contributed by atoms with Crippen LogP contribution in [-0.2, 0) is 11.2 Å². The molecule has 1 atom stereocenters. The van der Waals surface area contributed by atoms with Gasteiger partial charge in [0.1, 0.15) is 0 Å². The minimum atomic E-state index is -0.965. The van der Waals surface area contributed by atoms with Crippen LogP contribution in [0.5, 0.6) is 5.75 Å². The second kappa shape index (κ2) is 6.91. The quantitative estimate of drug-likeness (QED) is 0.652. The van der Waals surface area contributed by atoms with Gasteiger partial charge in [0.05, 0.1) is 18.0 Å². The fourth-order valence-electron chi connectivity index (χ4n) is 2.39. The molecular weight excluding hydrogens is 298 g/mol. The molecule has 0 aliphatic carbocycles. The zero-order valence-electron chi connectivity index (χ0n) is 12.9. The van der Waals surface area contributed by atoms with Crippen LogP contribution >= 0.6 is 0 Å². The van der Waals surface area contributed by atoms with E-state index in [1.54, 1.807) is 18.2 Å². The summed E-state index contributed by atoms with van der Waals surface area (Å²) in [6, 6.07) is 11.7. The Morgan fingerprint density at radius 2 is 1.91 bits per heavy atom. The second-order valence-corrected chi connectivity index (χ2v) is 5.27. The first kappa shape index (κ1) is 16.5. The van der Waals surface area contributed by atoms with Crippen molar-refractivity contribution in [1.29, 1.82) is 0 Å². The smallest absolute Gasteiger partial charge is 0.311 e. The van der Waals surface area contributed by atoms with Crippen LogP contribution < -0.4 is 4.74 Å². The molecule has 1 N–H and O–H groups in total. The van der Waals surface area contributed by atoms with E-state index >= 15 is 0 Å². The molecule has 0 aliphatic rings. The molecule has 6 nitrogen and oxygen atoms in total. The highest BCUT2D eigenvalue weighted by molar-refractivity contribution is 5.76. The second-order valence-electron chi connectivity index (χ2n) is 5.27. The molecule has 120 valence electrons. The van der Waals surface area contributed by atoms with Crippen LogP contribution in [0.15, 0.2) is 42.5 Å². The molecule has 0 heterocycles. The number of carboxylic acid groups (broad SMARTS) is 1. The predicted octanol–water partition coefficient (Wildman–Crippen LogP) is 3.32. The molecule has 2 aromatic carbocycles. The summed E-state index contributed by atoms with van der Waals surface area (Å²) in [4.78, 5) is 22.1. The lowest BCUT2D eigenvalue weighted by molar-refractivity contribution is -0.385. The van der Waals surface area contributed by atoms with E-state index in [9.17, 15) is 20.0 Å². The van der Waals surface area contributed by atoms with Gasteiger partial charge in [0, 0.05) is 6.07 Å². The normalized spacial score (nSPS) is 11.7. The van der Waals surface area contributed by atoms with Crippen LogP contribution in [0.2, 0.25) is 0 Å². The topological polar surface area (TPSA) is 89.7 Å². The highest BCUT2D eigenvalue weighted by Gasteiger charge is 2.22. The van der Waals surface area contributed by atoms with Crippen LogP contribution in [0.1, 0.15) is 22.6 Å². The van der Waals surface area contributed by atoms with Crippen molar-refractivity contribution in [2.45, 2.75) is 19.3 Å². The summed E-state index contributed by atoms with van der Waals surface area (Å²) >= 11 is 0. The summed E-state index contributed by atoms with van der Waals surface area (Å²) in [5, 5.41) is 20.5. The van der Waals surface area contributed by atoms with Crippen LogP contribution in [0, 0.1) is 17.0 Å². The van der Waals surface area contributed by atoms with Gasteiger partial charge >= 0.3 is 11.7 Å². The van der Waals surface area contributed by atoms with E-state index in [-0.39, 0.29) is 17.9 Å². The number of nitro groups is 1. The van der Waals surface area contributed by atoms with Gasteiger partial charge in [0.25, 0.3) is 0 Å². The van der Waals surface area contributed by atoms with E-state index in [1.165, 1.54) is 19.2 Å². The molecule has 0 aliphatic heterocycles. The zero-order valence-corrected chi connectivity index (χ0v) is 12.9. The van der Waals surface area contributed by atoms with E-state index in [0.717, 1.165) is 5.56 Å². The summed E-state index contributed by atoms with van der Waals surface area (Å²) < 4.78 is 4.95. The van der Waals surface area contributed by atoms with Crippen LogP contribution in [0.3, 0.4) is 0 Å². The first-order valence-electron chi connectivity index (χ1n) is 7.03. The van der Waals surface area contributed by atoms with Gasteiger partial charge in [-0.1, -0.05) is 35.9 Å². The summed E-state index contributed by atoms with van der Waals surface area (Å²) in [7, 11) is 1.36. The third kappa shape index (κ3) is 3.85. The number of carbonyl (C=O) groups is 1. The monoisotopic (exact) mass is 315 g/mol. The van der Waals surface area contributed by atoms with E-state index in [0.29, 0.717) is 11.1 Å². The van der Waals surface area contributed by atoms with Crippen LogP contribution in [0.25, 0.3) is 0 Å². The van der Waals surface area contributed by atoms with Crippen molar-refractivity contribution < 1.29 is 19.6 Å². The van der Waals surface area contributed by atoms with Crippen molar-refractivity contribution in [2.24, 2.45) is 0 Å². The third-order valence-electron chi connectivity index (χ3n) is 3.66. The lowest BCUT2D eigenvalue weighted by Crippen LogP contribution is -2.14. The molecule has 0 radical (unpaired) electrons. The van der Waals surface area contributed by atoms with E-state index in [4.69, 9.17) is 4.74 Å². The average molecular weight is 315 g/mol. The van der Waals surface area contributed by atoms with Gasteiger partial charge in [-0.15, -0.1) is 0 Å². The number of ether oxygens (including phenoxy) is 1. The molecule has 0 fully saturated rings. The van der Waals surface area contributed by atoms with Crippen molar-refractivity contribution in [2.75, 3.05) is 7.11 Å². The number of rotatable bonds is 6. The number of nitrogens with zero attached hydrogens (tertiary/aromatic N) is 1. The van der Waals surface area contributed by atoms with Crippen molar-refractivity contribution in [3.8, 4) is 5.75 Å². The maximum atomic E-state index is 11.6. The molecule has 0 spiro atoms. The predicted molar refractivity (Wildman–Crippen MR) is 84.9 cm³/mol. The van der Waals surface area contributed by atoms with Gasteiger partial charge in [-0.05, 0) is 30.5 Å². The highest BCUT2D eigenvalue weighted by atomic mass is 16.6. The first-order chi connectivity index (χ1) is 10.9. The number of aliphatic carboxylic acids is 1. The number of aryl methyl sites for hydroxylation is 1. The minimum absolute atomic E-state index is 0.154. The van der Waals surface area contributed by atoms with Crippen molar-refractivity contribution in [3.63, 3.8) is 0 Å². The molecule has 0 saturated carbocycles. The summed E-state index contributed by atoms with van der Waals surface area (Å²) in [6.07, 6.45) is 0.170. The average Bonchev–Trinajstić information content (AvgIpc) is 2.53. The van der Waals surface area contributed by atoms with Gasteiger partial charge in [0.2, 0.25) is 0 Å². The van der Waals surface area contributed by atoms with E-state index in [1.807, 2.05) is 19.1 Å². The molecule has 0 bridgehead atoms. The van der Waals surface area contributed by atoms with Crippen molar-refractivity contribution >= 4 is 11.7 Å². The number of nitro benzene ring substituents is 1. The number of carboxylic acids is 1. The van der Waals surface area contributed by atoms with Gasteiger partial charge in [-0.3, -0.25) is 14.9 Å². The summed E-state index contributed by atoms with van der Waals surface area (Å²) in [5.74, 6) is -1.57. The fourth-order valence-corrected chi connectivity index (χ4v) is 2.39. The SMILES string of the molecule is COc1ccc(CC(C(=O)O)c2ccc(C)cc2)cc1[N+](=O)[O-]. The number of hydrogen-bond acceptors (Lipinski definition) is 4. The molecular formula is C17H17NO5. The minimum Gasteiger partial charge on any atom is -0.490 e. The lowest BCUT2D eigenvalue weighted by Gasteiger charge is -2.13. The molecule has 0 aromatic heterocycles. The van der Waals surface area contributed by atoms with Gasteiger partial charge in [-0.25, -0.2) is 0 Å².